The molecule has 6 heteroatoms. The third-order valence-electron chi connectivity index (χ3n) is 3.44. The Kier molecular flexibility index (Phi) is 7.07. The minimum absolute atomic E-state index is 0.118. The molecule has 0 bridgehead atoms. The SMILES string of the molecule is CCCC(CS)(CCC)CSc1n[nH]c(=O)n1CC. The molecule has 0 saturated carbocycles. The summed E-state index contributed by atoms with van der Waals surface area (Å²) in [7, 11) is 0. The number of thioether (sulfide) groups is 1. The zero-order chi connectivity index (χ0) is 14.3. The zero-order valence-electron chi connectivity index (χ0n) is 12.1. The van der Waals surface area contributed by atoms with E-state index in [1.54, 1.807) is 16.3 Å². The normalized spacial score (nSPS) is 12.0. The second-order valence-electron chi connectivity index (χ2n) is 5.00. The first-order valence-corrected chi connectivity index (χ1v) is 8.63. The topological polar surface area (TPSA) is 50.7 Å². The van der Waals surface area contributed by atoms with Gasteiger partial charge in [-0.05, 0) is 30.9 Å². The maximum Gasteiger partial charge on any atom is 0.343 e. The summed E-state index contributed by atoms with van der Waals surface area (Å²) in [5.74, 6) is 1.87. The number of H-pyrrole nitrogens is 1. The Morgan fingerprint density at radius 3 is 2.42 bits per heavy atom. The van der Waals surface area contributed by atoms with E-state index in [1.807, 2.05) is 6.92 Å². The number of nitrogens with one attached hydrogen (secondary N) is 1. The van der Waals surface area contributed by atoms with Gasteiger partial charge in [0.2, 0.25) is 0 Å². The monoisotopic (exact) mass is 303 g/mol. The predicted octanol–water partition coefficient (Wildman–Crippen LogP) is 3.20. The van der Waals surface area contributed by atoms with Gasteiger partial charge in [-0.2, -0.15) is 12.6 Å². The van der Waals surface area contributed by atoms with Gasteiger partial charge in [0.05, 0.1) is 0 Å². The molecule has 0 unspecified atom stereocenters. The Balaban J connectivity index is 2.77. The number of rotatable bonds is 9. The van der Waals surface area contributed by atoms with Gasteiger partial charge in [0.1, 0.15) is 0 Å². The highest BCUT2D eigenvalue weighted by Crippen LogP contribution is 2.36. The molecule has 1 aromatic rings. The molecule has 1 N–H and O–H groups in total. The molecular weight excluding hydrogens is 278 g/mol. The van der Waals surface area contributed by atoms with Crippen LogP contribution in [0.3, 0.4) is 0 Å². The summed E-state index contributed by atoms with van der Waals surface area (Å²) in [6, 6.07) is 0. The second-order valence-corrected chi connectivity index (χ2v) is 6.26. The quantitative estimate of drug-likeness (QED) is 0.544. The molecule has 0 saturated heterocycles. The van der Waals surface area contributed by atoms with Crippen LogP contribution in [0, 0.1) is 5.41 Å². The molecule has 1 aromatic heterocycles. The van der Waals surface area contributed by atoms with Crippen LogP contribution in [0.2, 0.25) is 0 Å². The Morgan fingerprint density at radius 2 is 1.95 bits per heavy atom. The number of hydrogen-bond donors (Lipinski definition) is 2. The van der Waals surface area contributed by atoms with Crippen LogP contribution >= 0.6 is 24.4 Å². The van der Waals surface area contributed by atoms with E-state index in [9.17, 15) is 4.79 Å². The highest BCUT2D eigenvalue weighted by Gasteiger charge is 2.27. The average molecular weight is 303 g/mol. The van der Waals surface area contributed by atoms with Crippen LogP contribution in [0.15, 0.2) is 9.95 Å². The van der Waals surface area contributed by atoms with Crippen LogP contribution < -0.4 is 5.69 Å². The molecule has 1 rings (SSSR count). The zero-order valence-corrected chi connectivity index (χ0v) is 13.8. The summed E-state index contributed by atoms with van der Waals surface area (Å²) in [6.07, 6.45) is 4.70. The molecule has 0 aliphatic heterocycles. The molecule has 1 heterocycles. The van der Waals surface area contributed by atoms with Crippen LogP contribution in [0.25, 0.3) is 0 Å². The molecule has 0 amide bonds. The summed E-state index contributed by atoms with van der Waals surface area (Å²) in [4.78, 5) is 11.5. The third kappa shape index (κ3) is 4.31. The molecule has 0 aromatic carbocycles. The highest BCUT2D eigenvalue weighted by atomic mass is 32.2. The Bertz CT molecular complexity index is 422. The average Bonchev–Trinajstić information content (AvgIpc) is 2.77. The Morgan fingerprint density at radius 1 is 1.32 bits per heavy atom. The van der Waals surface area contributed by atoms with Gasteiger partial charge in [-0.3, -0.25) is 4.57 Å². The van der Waals surface area contributed by atoms with Crippen molar-refractivity contribution in [1.82, 2.24) is 14.8 Å². The Labute approximate surface area is 125 Å². The van der Waals surface area contributed by atoms with E-state index in [4.69, 9.17) is 0 Å². The van der Waals surface area contributed by atoms with Crippen molar-refractivity contribution in [3.05, 3.63) is 10.5 Å². The molecule has 19 heavy (non-hydrogen) atoms. The summed E-state index contributed by atoms with van der Waals surface area (Å²) in [5, 5.41) is 7.43. The lowest BCUT2D eigenvalue weighted by molar-refractivity contribution is 0.318. The van der Waals surface area contributed by atoms with Crippen molar-refractivity contribution in [2.24, 2.45) is 5.41 Å². The fourth-order valence-electron chi connectivity index (χ4n) is 2.44. The van der Waals surface area contributed by atoms with Crippen LogP contribution in [0.1, 0.15) is 46.5 Å². The maximum atomic E-state index is 11.5. The number of hydrogen-bond acceptors (Lipinski definition) is 4. The molecule has 0 atom stereocenters. The van der Waals surface area contributed by atoms with Crippen molar-refractivity contribution in [3.8, 4) is 0 Å². The van der Waals surface area contributed by atoms with Gasteiger partial charge in [-0.25, -0.2) is 9.89 Å². The second kappa shape index (κ2) is 8.04. The molecule has 4 nitrogen and oxygen atoms in total. The van der Waals surface area contributed by atoms with E-state index >= 15 is 0 Å². The van der Waals surface area contributed by atoms with Crippen LogP contribution in [-0.2, 0) is 6.54 Å². The van der Waals surface area contributed by atoms with Gasteiger partial charge in [-0.1, -0.05) is 38.5 Å². The molecule has 0 radical (unpaired) electrons. The lowest BCUT2D eigenvalue weighted by atomic mass is 9.83. The number of aromatic nitrogens is 3. The summed E-state index contributed by atoms with van der Waals surface area (Å²) in [6.45, 7) is 7.06. The maximum absolute atomic E-state index is 11.5. The van der Waals surface area contributed by atoms with Crippen molar-refractivity contribution in [1.29, 1.82) is 0 Å². The van der Waals surface area contributed by atoms with Gasteiger partial charge in [0.25, 0.3) is 0 Å². The van der Waals surface area contributed by atoms with Crippen molar-refractivity contribution in [3.63, 3.8) is 0 Å². The van der Waals surface area contributed by atoms with Gasteiger partial charge in [-0.15, -0.1) is 5.10 Å². The molecule has 0 aliphatic rings. The minimum atomic E-state index is -0.118. The van der Waals surface area contributed by atoms with Crippen LogP contribution in [0.4, 0.5) is 0 Å². The van der Waals surface area contributed by atoms with E-state index < -0.39 is 0 Å². The first kappa shape index (κ1) is 16.7. The lowest BCUT2D eigenvalue weighted by Crippen LogP contribution is -2.26. The van der Waals surface area contributed by atoms with E-state index in [-0.39, 0.29) is 11.1 Å². The first-order chi connectivity index (χ1) is 9.12. The first-order valence-electron chi connectivity index (χ1n) is 7.01. The number of aromatic amines is 1. The van der Waals surface area contributed by atoms with Crippen LogP contribution in [-0.4, -0.2) is 26.3 Å². The van der Waals surface area contributed by atoms with Crippen molar-refractivity contribution >= 4 is 24.4 Å². The fourth-order valence-corrected chi connectivity index (χ4v) is 4.33. The Hall–Kier alpha value is -0.360. The number of nitrogens with zero attached hydrogens (tertiary/aromatic N) is 2. The van der Waals surface area contributed by atoms with Crippen molar-refractivity contribution < 1.29 is 0 Å². The van der Waals surface area contributed by atoms with E-state index in [2.05, 4.69) is 36.7 Å². The van der Waals surface area contributed by atoms with Gasteiger partial charge < -0.3 is 0 Å². The van der Waals surface area contributed by atoms with E-state index in [0.717, 1.165) is 16.7 Å². The fraction of sp³-hybridized carbons (Fsp3) is 0.846. The lowest BCUT2D eigenvalue weighted by Gasteiger charge is -2.31. The van der Waals surface area contributed by atoms with Crippen LogP contribution in [0.5, 0.6) is 0 Å². The molecule has 110 valence electrons. The van der Waals surface area contributed by atoms with Crippen molar-refractivity contribution in [2.75, 3.05) is 11.5 Å². The molecule has 0 fully saturated rings. The predicted molar refractivity (Wildman–Crippen MR) is 85.3 cm³/mol. The molecular formula is C13H25N3OS2. The highest BCUT2D eigenvalue weighted by molar-refractivity contribution is 7.99. The van der Waals surface area contributed by atoms with E-state index in [0.29, 0.717) is 6.54 Å². The third-order valence-corrected chi connectivity index (χ3v) is 5.44. The molecule has 0 aliphatic carbocycles. The summed E-state index contributed by atoms with van der Waals surface area (Å²) < 4.78 is 1.69. The smallest absolute Gasteiger partial charge is 0.270 e. The van der Waals surface area contributed by atoms with E-state index in [1.165, 1.54) is 25.7 Å². The van der Waals surface area contributed by atoms with Gasteiger partial charge in [0, 0.05) is 12.3 Å². The van der Waals surface area contributed by atoms with Gasteiger partial charge >= 0.3 is 5.69 Å². The minimum Gasteiger partial charge on any atom is -0.270 e. The summed E-state index contributed by atoms with van der Waals surface area (Å²) >= 11 is 6.24. The summed E-state index contributed by atoms with van der Waals surface area (Å²) in [5.41, 5.74) is 0.137. The van der Waals surface area contributed by atoms with Gasteiger partial charge in [0.15, 0.2) is 5.16 Å². The van der Waals surface area contributed by atoms with Crippen molar-refractivity contribution in [2.45, 2.75) is 58.2 Å². The molecule has 0 spiro atoms. The largest absolute Gasteiger partial charge is 0.343 e. The standard InChI is InChI=1S/C13H25N3OS2/c1-4-7-13(9-18,8-5-2)10-19-12-15-14-11(17)16(12)6-3/h18H,4-10H2,1-3H3,(H,14,17). The number of thiol groups is 1.